The lowest BCUT2D eigenvalue weighted by atomic mass is 10.1. The van der Waals surface area contributed by atoms with E-state index in [1.807, 2.05) is 30.3 Å². The van der Waals surface area contributed by atoms with Crippen molar-refractivity contribution in [3.05, 3.63) is 78.4 Å². The van der Waals surface area contributed by atoms with Gasteiger partial charge in [0.05, 0.1) is 0 Å². The standard InChI is InChI=1S/C11H10.C6H6S/c1-9-5-4-7-10-6-2-3-8-11(9)10;7-6-4-2-1-3-5-6/h2-8H,1H3;1-5,7H. The molecule has 0 amide bonds. The molecule has 0 atom stereocenters. The monoisotopic (exact) mass is 252 g/mol. The van der Waals surface area contributed by atoms with Crippen molar-refractivity contribution in [1.29, 1.82) is 0 Å². The SMILES string of the molecule is Cc1cccc2ccccc12.Sc1ccccc1. The summed E-state index contributed by atoms with van der Waals surface area (Å²) in [6.45, 7) is 2.14. The highest BCUT2D eigenvalue weighted by Crippen LogP contribution is 2.16. The molecule has 0 fully saturated rings. The Labute approximate surface area is 114 Å². The molecule has 90 valence electrons. The Hall–Kier alpha value is -1.73. The molecule has 0 bridgehead atoms. The summed E-state index contributed by atoms with van der Waals surface area (Å²) < 4.78 is 0. The fourth-order valence-corrected chi connectivity index (χ4v) is 1.99. The molecule has 0 saturated carbocycles. The Bertz CT molecular complexity index is 609. The highest BCUT2D eigenvalue weighted by molar-refractivity contribution is 7.80. The van der Waals surface area contributed by atoms with Crippen molar-refractivity contribution >= 4 is 23.4 Å². The minimum atomic E-state index is 1.02. The molecule has 0 N–H and O–H groups in total. The van der Waals surface area contributed by atoms with Gasteiger partial charge in [-0.05, 0) is 35.4 Å². The maximum Gasteiger partial charge on any atom is 0.00399 e. The molecule has 3 rings (SSSR count). The number of thiol groups is 1. The zero-order valence-corrected chi connectivity index (χ0v) is 11.3. The van der Waals surface area contributed by atoms with E-state index in [0.29, 0.717) is 0 Å². The first kappa shape index (κ1) is 12.7. The summed E-state index contributed by atoms with van der Waals surface area (Å²) in [7, 11) is 0. The summed E-state index contributed by atoms with van der Waals surface area (Å²) in [5.74, 6) is 0. The molecule has 0 unspecified atom stereocenters. The lowest BCUT2D eigenvalue weighted by molar-refractivity contribution is 1.48. The lowest BCUT2D eigenvalue weighted by Crippen LogP contribution is -1.75. The van der Waals surface area contributed by atoms with Crippen molar-refractivity contribution in [3.63, 3.8) is 0 Å². The van der Waals surface area contributed by atoms with E-state index in [2.05, 4.69) is 62.0 Å². The minimum Gasteiger partial charge on any atom is -0.143 e. The number of hydrogen-bond donors (Lipinski definition) is 1. The van der Waals surface area contributed by atoms with Gasteiger partial charge in [0, 0.05) is 4.90 Å². The van der Waals surface area contributed by atoms with E-state index >= 15 is 0 Å². The Morgan fingerprint density at radius 1 is 0.667 bits per heavy atom. The van der Waals surface area contributed by atoms with E-state index in [0.717, 1.165) is 4.90 Å². The van der Waals surface area contributed by atoms with Gasteiger partial charge in [-0.15, -0.1) is 12.6 Å². The summed E-state index contributed by atoms with van der Waals surface area (Å²) in [4.78, 5) is 1.02. The predicted octanol–water partition coefficient (Wildman–Crippen LogP) is 5.12. The van der Waals surface area contributed by atoms with Gasteiger partial charge >= 0.3 is 0 Å². The Balaban J connectivity index is 0.000000149. The number of benzene rings is 3. The molecule has 3 aromatic rings. The van der Waals surface area contributed by atoms with Gasteiger partial charge in [0.25, 0.3) is 0 Å². The summed E-state index contributed by atoms with van der Waals surface area (Å²) in [6.07, 6.45) is 0. The van der Waals surface area contributed by atoms with Crippen LogP contribution in [0.25, 0.3) is 10.8 Å². The largest absolute Gasteiger partial charge is 0.143 e. The second kappa shape index (κ2) is 6.27. The van der Waals surface area contributed by atoms with Crippen molar-refractivity contribution in [2.75, 3.05) is 0 Å². The second-order valence-electron chi connectivity index (χ2n) is 4.13. The van der Waals surface area contributed by atoms with Crippen LogP contribution in [0.4, 0.5) is 0 Å². The van der Waals surface area contributed by atoms with Crippen LogP contribution < -0.4 is 0 Å². The molecular formula is C17H16S. The van der Waals surface area contributed by atoms with Crippen LogP contribution in [-0.4, -0.2) is 0 Å². The van der Waals surface area contributed by atoms with Gasteiger partial charge in [0.1, 0.15) is 0 Å². The van der Waals surface area contributed by atoms with Crippen molar-refractivity contribution in [1.82, 2.24) is 0 Å². The van der Waals surface area contributed by atoms with Crippen molar-refractivity contribution in [3.8, 4) is 0 Å². The topological polar surface area (TPSA) is 0 Å². The van der Waals surface area contributed by atoms with Crippen LogP contribution in [0.5, 0.6) is 0 Å². The maximum absolute atomic E-state index is 4.08. The van der Waals surface area contributed by atoms with Crippen molar-refractivity contribution < 1.29 is 0 Å². The second-order valence-corrected chi connectivity index (χ2v) is 4.65. The van der Waals surface area contributed by atoms with E-state index in [1.54, 1.807) is 0 Å². The van der Waals surface area contributed by atoms with Gasteiger partial charge < -0.3 is 0 Å². The molecule has 3 aromatic carbocycles. The smallest absolute Gasteiger partial charge is 0.00399 e. The van der Waals surface area contributed by atoms with Crippen LogP contribution in [-0.2, 0) is 0 Å². The molecule has 0 aromatic heterocycles. The molecule has 0 spiro atoms. The predicted molar refractivity (Wildman–Crippen MR) is 82.4 cm³/mol. The third-order valence-electron chi connectivity index (χ3n) is 2.76. The van der Waals surface area contributed by atoms with E-state index < -0.39 is 0 Å². The average Bonchev–Trinajstić information content (AvgIpc) is 2.41. The van der Waals surface area contributed by atoms with Crippen LogP contribution >= 0.6 is 12.6 Å². The third kappa shape index (κ3) is 3.38. The molecule has 0 nitrogen and oxygen atoms in total. The van der Waals surface area contributed by atoms with Gasteiger partial charge in [0.2, 0.25) is 0 Å². The van der Waals surface area contributed by atoms with E-state index in [4.69, 9.17) is 0 Å². The third-order valence-corrected chi connectivity index (χ3v) is 3.06. The Morgan fingerprint density at radius 2 is 1.28 bits per heavy atom. The minimum absolute atomic E-state index is 1.02. The molecule has 0 heterocycles. The van der Waals surface area contributed by atoms with Crippen LogP contribution in [0.3, 0.4) is 0 Å². The summed E-state index contributed by atoms with van der Waals surface area (Å²) in [6, 6.07) is 24.6. The first-order valence-electron chi connectivity index (χ1n) is 5.96. The zero-order chi connectivity index (χ0) is 12.8. The molecule has 1 heteroatoms. The number of rotatable bonds is 0. The van der Waals surface area contributed by atoms with E-state index in [-0.39, 0.29) is 0 Å². The number of fused-ring (bicyclic) bond motifs is 1. The molecular weight excluding hydrogens is 236 g/mol. The number of hydrogen-bond acceptors (Lipinski definition) is 1. The summed E-state index contributed by atoms with van der Waals surface area (Å²) in [5.41, 5.74) is 1.35. The lowest BCUT2D eigenvalue weighted by Gasteiger charge is -1.98. The summed E-state index contributed by atoms with van der Waals surface area (Å²) >= 11 is 4.08. The van der Waals surface area contributed by atoms with Crippen molar-refractivity contribution in [2.45, 2.75) is 11.8 Å². The van der Waals surface area contributed by atoms with E-state index in [1.165, 1.54) is 16.3 Å². The fraction of sp³-hybridized carbons (Fsp3) is 0.0588. The van der Waals surface area contributed by atoms with Gasteiger partial charge in [0.15, 0.2) is 0 Å². The first-order chi connectivity index (χ1) is 8.77. The fourth-order valence-electron chi connectivity index (χ4n) is 1.82. The number of aryl methyl sites for hydroxylation is 1. The van der Waals surface area contributed by atoms with Gasteiger partial charge in [-0.2, -0.15) is 0 Å². The highest BCUT2D eigenvalue weighted by atomic mass is 32.1. The Morgan fingerprint density at radius 3 is 1.89 bits per heavy atom. The maximum atomic E-state index is 4.08. The molecule has 0 aliphatic heterocycles. The zero-order valence-electron chi connectivity index (χ0n) is 10.4. The van der Waals surface area contributed by atoms with Crippen LogP contribution in [0.15, 0.2) is 77.7 Å². The quantitative estimate of drug-likeness (QED) is 0.527. The van der Waals surface area contributed by atoms with Gasteiger partial charge in [-0.3, -0.25) is 0 Å². The van der Waals surface area contributed by atoms with Gasteiger partial charge in [-0.1, -0.05) is 60.7 Å². The van der Waals surface area contributed by atoms with Crippen LogP contribution in [0, 0.1) is 6.92 Å². The highest BCUT2D eigenvalue weighted by Gasteiger charge is 1.92. The molecule has 0 radical (unpaired) electrons. The normalized spacial score (nSPS) is 9.67. The Kier molecular flexibility index (Phi) is 4.43. The van der Waals surface area contributed by atoms with E-state index in [9.17, 15) is 0 Å². The van der Waals surface area contributed by atoms with Crippen LogP contribution in [0.2, 0.25) is 0 Å². The average molecular weight is 252 g/mol. The molecule has 0 aliphatic rings. The first-order valence-corrected chi connectivity index (χ1v) is 6.40. The summed E-state index contributed by atoms with van der Waals surface area (Å²) in [5, 5.41) is 2.68. The van der Waals surface area contributed by atoms with Crippen molar-refractivity contribution in [2.24, 2.45) is 0 Å². The molecule has 0 aliphatic carbocycles. The molecule has 18 heavy (non-hydrogen) atoms. The van der Waals surface area contributed by atoms with Crippen LogP contribution in [0.1, 0.15) is 5.56 Å². The van der Waals surface area contributed by atoms with Gasteiger partial charge in [-0.25, -0.2) is 0 Å². The molecule has 0 saturated heterocycles.